The fraction of sp³-hybridized carbons (Fsp3) is 0.533. The molecular weight excluding hydrogens is 297 g/mol. The molecule has 0 aromatic heterocycles. The molecule has 124 valence electrons. The van der Waals surface area contributed by atoms with Gasteiger partial charge in [-0.2, -0.15) is 13.2 Å². The Balaban J connectivity index is 2.85. The number of hydrogen-bond acceptors (Lipinski definition) is 2. The summed E-state index contributed by atoms with van der Waals surface area (Å²) in [6.07, 6.45) is -4.00. The molecule has 2 amide bonds. The first kappa shape index (κ1) is 18.3. The van der Waals surface area contributed by atoms with Crippen molar-refractivity contribution in [2.24, 2.45) is 5.92 Å². The van der Waals surface area contributed by atoms with E-state index in [4.69, 9.17) is 5.11 Å². The number of carbonyl (C=O) groups is 1. The van der Waals surface area contributed by atoms with Crippen molar-refractivity contribution in [2.45, 2.75) is 32.5 Å². The molecule has 0 aliphatic rings. The molecule has 0 radical (unpaired) electrons. The summed E-state index contributed by atoms with van der Waals surface area (Å²) in [5, 5.41) is 13.9. The number of benzene rings is 1. The highest BCUT2D eigenvalue weighted by atomic mass is 19.4. The first-order valence-corrected chi connectivity index (χ1v) is 7.08. The Kier molecular flexibility index (Phi) is 6.67. The summed E-state index contributed by atoms with van der Waals surface area (Å²) in [6.45, 7) is 3.90. The molecule has 7 heteroatoms. The minimum atomic E-state index is -4.42. The van der Waals surface area contributed by atoms with Crippen molar-refractivity contribution in [2.75, 3.05) is 13.2 Å². The summed E-state index contributed by atoms with van der Waals surface area (Å²) in [5.41, 5.74) is -0.333. The van der Waals surface area contributed by atoms with Crippen LogP contribution < -0.4 is 10.6 Å². The molecule has 4 nitrogen and oxygen atoms in total. The smallest absolute Gasteiger partial charge is 0.396 e. The third kappa shape index (κ3) is 5.55. The van der Waals surface area contributed by atoms with Gasteiger partial charge in [0, 0.05) is 13.2 Å². The summed E-state index contributed by atoms with van der Waals surface area (Å²) in [5.74, 6) is -0.0768. The Morgan fingerprint density at radius 3 is 2.55 bits per heavy atom. The zero-order chi connectivity index (χ0) is 16.8. The number of hydrogen-bond donors (Lipinski definition) is 3. The van der Waals surface area contributed by atoms with E-state index in [0.717, 1.165) is 12.1 Å². The Labute approximate surface area is 127 Å². The van der Waals surface area contributed by atoms with Gasteiger partial charge in [-0.15, -0.1) is 0 Å². The van der Waals surface area contributed by atoms with Crippen LogP contribution in [0, 0.1) is 5.92 Å². The SMILES string of the molecule is CC(C)C(NC(=O)NCCCO)c1cccc(C(F)(F)F)c1. The van der Waals surface area contributed by atoms with Gasteiger partial charge in [0.25, 0.3) is 0 Å². The maximum atomic E-state index is 12.8. The lowest BCUT2D eigenvalue weighted by atomic mass is 9.94. The third-order valence-electron chi connectivity index (χ3n) is 3.15. The van der Waals surface area contributed by atoms with E-state index in [1.54, 1.807) is 6.07 Å². The van der Waals surface area contributed by atoms with Crippen LogP contribution in [0.4, 0.5) is 18.0 Å². The number of halogens is 3. The van der Waals surface area contributed by atoms with E-state index in [9.17, 15) is 18.0 Å². The molecule has 1 aromatic carbocycles. The second-order valence-electron chi connectivity index (χ2n) is 5.32. The van der Waals surface area contributed by atoms with Crippen LogP contribution in [0.15, 0.2) is 24.3 Å². The standard InChI is InChI=1S/C15H21F3N2O2/c1-10(2)13(20-14(22)19-7-4-8-21)11-5-3-6-12(9-11)15(16,17)18/h3,5-6,9-10,13,21H,4,7-8H2,1-2H3,(H2,19,20,22). The molecule has 0 saturated carbocycles. The van der Waals surface area contributed by atoms with Gasteiger partial charge >= 0.3 is 12.2 Å². The molecule has 0 heterocycles. The summed E-state index contributed by atoms with van der Waals surface area (Å²) >= 11 is 0. The molecule has 1 atom stereocenters. The largest absolute Gasteiger partial charge is 0.416 e. The van der Waals surface area contributed by atoms with Crippen molar-refractivity contribution < 1.29 is 23.1 Å². The molecular formula is C15H21F3N2O2. The molecule has 0 bridgehead atoms. The fourth-order valence-corrected chi connectivity index (χ4v) is 2.02. The van der Waals surface area contributed by atoms with Crippen molar-refractivity contribution in [1.82, 2.24) is 10.6 Å². The molecule has 0 spiro atoms. The first-order chi connectivity index (χ1) is 10.3. The minimum Gasteiger partial charge on any atom is -0.396 e. The second-order valence-corrected chi connectivity index (χ2v) is 5.32. The first-order valence-electron chi connectivity index (χ1n) is 7.08. The van der Waals surface area contributed by atoms with Gasteiger partial charge in [-0.1, -0.05) is 26.0 Å². The van der Waals surface area contributed by atoms with E-state index in [-0.39, 0.29) is 12.5 Å². The van der Waals surface area contributed by atoms with Gasteiger partial charge in [0.1, 0.15) is 0 Å². The normalized spacial score (nSPS) is 13.0. The van der Waals surface area contributed by atoms with Crippen molar-refractivity contribution in [3.05, 3.63) is 35.4 Å². The molecule has 0 fully saturated rings. The number of amides is 2. The summed E-state index contributed by atoms with van der Waals surface area (Å²) in [6, 6.07) is 3.95. The van der Waals surface area contributed by atoms with E-state index >= 15 is 0 Å². The lowest BCUT2D eigenvalue weighted by molar-refractivity contribution is -0.137. The number of aliphatic hydroxyl groups excluding tert-OH is 1. The quantitative estimate of drug-likeness (QED) is 0.706. The molecule has 1 rings (SSSR count). The van der Waals surface area contributed by atoms with E-state index in [1.165, 1.54) is 6.07 Å². The Morgan fingerprint density at radius 2 is 2.00 bits per heavy atom. The van der Waals surface area contributed by atoms with Gasteiger partial charge < -0.3 is 15.7 Å². The Bertz CT molecular complexity index is 490. The molecule has 0 aliphatic carbocycles. The molecule has 1 unspecified atom stereocenters. The van der Waals surface area contributed by atoms with Gasteiger partial charge in [0.15, 0.2) is 0 Å². The summed E-state index contributed by atoms with van der Waals surface area (Å²) in [4.78, 5) is 11.8. The molecule has 0 aliphatic heterocycles. The van der Waals surface area contributed by atoms with Crippen molar-refractivity contribution in [3.8, 4) is 0 Å². The minimum absolute atomic E-state index is 0.0402. The lowest BCUT2D eigenvalue weighted by Crippen LogP contribution is -2.40. The van der Waals surface area contributed by atoms with Crippen LogP contribution in [-0.4, -0.2) is 24.3 Å². The highest BCUT2D eigenvalue weighted by Gasteiger charge is 2.31. The topological polar surface area (TPSA) is 61.4 Å². The second kappa shape index (κ2) is 8.03. The Morgan fingerprint density at radius 1 is 1.32 bits per heavy atom. The zero-order valence-corrected chi connectivity index (χ0v) is 12.6. The highest BCUT2D eigenvalue weighted by molar-refractivity contribution is 5.74. The van der Waals surface area contributed by atoms with E-state index in [2.05, 4.69) is 10.6 Å². The molecule has 22 heavy (non-hydrogen) atoms. The molecule has 3 N–H and O–H groups in total. The predicted octanol–water partition coefficient (Wildman–Crippen LogP) is 3.08. The number of aliphatic hydroxyl groups is 1. The van der Waals surface area contributed by atoms with E-state index in [0.29, 0.717) is 18.5 Å². The van der Waals surface area contributed by atoms with Crippen LogP contribution in [0.3, 0.4) is 0 Å². The van der Waals surface area contributed by atoms with Gasteiger partial charge in [-0.3, -0.25) is 0 Å². The summed E-state index contributed by atoms with van der Waals surface area (Å²) < 4.78 is 38.3. The average Bonchev–Trinajstić information content (AvgIpc) is 2.44. The number of alkyl halides is 3. The van der Waals surface area contributed by atoms with Crippen LogP contribution >= 0.6 is 0 Å². The van der Waals surface area contributed by atoms with Crippen molar-refractivity contribution in [3.63, 3.8) is 0 Å². The molecule has 1 aromatic rings. The number of rotatable bonds is 6. The van der Waals surface area contributed by atoms with Gasteiger partial charge in [0.2, 0.25) is 0 Å². The van der Waals surface area contributed by atoms with Crippen LogP contribution in [-0.2, 0) is 6.18 Å². The van der Waals surface area contributed by atoms with Gasteiger partial charge in [-0.25, -0.2) is 4.79 Å². The van der Waals surface area contributed by atoms with E-state index < -0.39 is 23.8 Å². The van der Waals surface area contributed by atoms with Crippen LogP contribution in [0.1, 0.15) is 37.4 Å². The zero-order valence-electron chi connectivity index (χ0n) is 12.6. The van der Waals surface area contributed by atoms with Crippen molar-refractivity contribution >= 4 is 6.03 Å². The Hall–Kier alpha value is -1.76. The van der Waals surface area contributed by atoms with Gasteiger partial charge in [-0.05, 0) is 30.0 Å². The number of carbonyl (C=O) groups excluding carboxylic acids is 1. The highest BCUT2D eigenvalue weighted by Crippen LogP contribution is 2.32. The maximum absolute atomic E-state index is 12.8. The van der Waals surface area contributed by atoms with Crippen LogP contribution in [0.25, 0.3) is 0 Å². The van der Waals surface area contributed by atoms with Crippen LogP contribution in [0.5, 0.6) is 0 Å². The fourth-order valence-electron chi connectivity index (χ4n) is 2.02. The average molecular weight is 318 g/mol. The predicted molar refractivity (Wildman–Crippen MR) is 77.3 cm³/mol. The third-order valence-corrected chi connectivity index (χ3v) is 3.15. The monoisotopic (exact) mass is 318 g/mol. The molecule has 0 saturated heterocycles. The van der Waals surface area contributed by atoms with Crippen LogP contribution in [0.2, 0.25) is 0 Å². The maximum Gasteiger partial charge on any atom is 0.416 e. The summed E-state index contributed by atoms with van der Waals surface area (Å²) in [7, 11) is 0. The van der Waals surface area contributed by atoms with E-state index in [1.807, 2.05) is 13.8 Å². The number of nitrogens with one attached hydrogen (secondary N) is 2. The number of urea groups is 1. The van der Waals surface area contributed by atoms with Gasteiger partial charge in [0.05, 0.1) is 11.6 Å². The lowest BCUT2D eigenvalue weighted by Gasteiger charge is -2.24. The van der Waals surface area contributed by atoms with Crippen molar-refractivity contribution in [1.29, 1.82) is 0 Å².